The smallest absolute Gasteiger partial charge is 0.258 e. The molecule has 1 aliphatic rings. The lowest BCUT2D eigenvalue weighted by atomic mass is 10.00. The molecule has 1 heterocycles. The number of rotatable bonds is 3. The number of hydrogen-bond acceptors (Lipinski definition) is 2. The quantitative estimate of drug-likeness (QED) is 0.695. The van der Waals surface area contributed by atoms with Gasteiger partial charge >= 0.3 is 0 Å². The van der Waals surface area contributed by atoms with E-state index in [-0.39, 0.29) is 17.5 Å². The van der Waals surface area contributed by atoms with E-state index in [1.54, 1.807) is 48.5 Å². The highest BCUT2D eigenvalue weighted by molar-refractivity contribution is 6.08. The number of carbonyl (C=O) groups is 2. The van der Waals surface area contributed by atoms with Gasteiger partial charge in [-0.25, -0.2) is 8.78 Å². The molecule has 3 aromatic carbocycles. The summed E-state index contributed by atoms with van der Waals surface area (Å²) in [6.07, 6.45) is 1.16. The third-order valence-electron chi connectivity index (χ3n) is 4.88. The number of amides is 2. The Morgan fingerprint density at radius 1 is 0.897 bits per heavy atom. The molecule has 0 unspecified atom stereocenters. The molecule has 146 valence electrons. The van der Waals surface area contributed by atoms with Crippen LogP contribution in [0.2, 0.25) is 0 Å². The zero-order chi connectivity index (χ0) is 20.4. The maximum Gasteiger partial charge on any atom is 0.258 e. The van der Waals surface area contributed by atoms with E-state index in [1.165, 1.54) is 11.0 Å². The molecule has 0 saturated heterocycles. The Morgan fingerprint density at radius 2 is 1.62 bits per heavy atom. The molecule has 0 aromatic heterocycles. The molecule has 0 spiro atoms. The summed E-state index contributed by atoms with van der Waals surface area (Å²) >= 11 is 0. The van der Waals surface area contributed by atoms with Gasteiger partial charge in [0.25, 0.3) is 11.8 Å². The van der Waals surface area contributed by atoms with E-state index >= 15 is 0 Å². The van der Waals surface area contributed by atoms with Gasteiger partial charge in [-0.2, -0.15) is 0 Å². The van der Waals surface area contributed by atoms with Gasteiger partial charge in [0, 0.05) is 29.4 Å². The van der Waals surface area contributed by atoms with E-state index in [2.05, 4.69) is 5.32 Å². The van der Waals surface area contributed by atoms with Crippen molar-refractivity contribution in [2.75, 3.05) is 16.8 Å². The zero-order valence-corrected chi connectivity index (χ0v) is 15.5. The van der Waals surface area contributed by atoms with Crippen LogP contribution in [0.15, 0.2) is 66.7 Å². The van der Waals surface area contributed by atoms with Gasteiger partial charge in [-0.3, -0.25) is 9.59 Å². The summed E-state index contributed by atoms with van der Waals surface area (Å²) in [6.45, 7) is 0.362. The van der Waals surface area contributed by atoms with Crippen molar-refractivity contribution in [3.05, 3.63) is 95.1 Å². The summed E-state index contributed by atoms with van der Waals surface area (Å²) in [7, 11) is 0. The highest BCUT2D eigenvalue weighted by Gasteiger charge is 2.27. The second kappa shape index (κ2) is 7.83. The number of carbonyl (C=O) groups excluding carboxylic acids is 2. The molecule has 0 fully saturated rings. The Bertz CT molecular complexity index is 1070. The number of hydrogen-bond donors (Lipinski definition) is 1. The van der Waals surface area contributed by atoms with Crippen molar-refractivity contribution in [2.24, 2.45) is 0 Å². The van der Waals surface area contributed by atoms with E-state index < -0.39 is 11.6 Å². The third kappa shape index (κ3) is 3.87. The molecule has 1 N–H and O–H groups in total. The Labute approximate surface area is 166 Å². The predicted molar refractivity (Wildman–Crippen MR) is 107 cm³/mol. The molecular weight excluding hydrogens is 374 g/mol. The molecule has 3 aromatic rings. The van der Waals surface area contributed by atoms with Crippen molar-refractivity contribution in [3.63, 3.8) is 0 Å². The molecule has 6 heteroatoms. The minimum absolute atomic E-state index is 0.143. The van der Waals surface area contributed by atoms with Gasteiger partial charge in [-0.05, 0) is 60.9 Å². The minimum Gasteiger partial charge on any atom is -0.322 e. The number of anilines is 2. The summed E-state index contributed by atoms with van der Waals surface area (Å²) in [5.74, 6) is -2.00. The molecule has 0 radical (unpaired) electrons. The maximum absolute atomic E-state index is 14.3. The summed E-state index contributed by atoms with van der Waals surface area (Å²) in [5.41, 5.74) is 2.07. The summed E-state index contributed by atoms with van der Waals surface area (Å²) < 4.78 is 27.8. The van der Waals surface area contributed by atoms with Crippen LogP contribution in [-0.2, 0) is 6.42 Å². The minimum atomic E-state index is -0.736. The number of benzene rings is 3. The van der Waals surface area contributed by atoms with Crippen molar-refractivity contribution in [1.82, 2.24) is 0 Å². The number of nitrogens with one attached hydrogen (secondary N) is 1. The van der Waals surface area contributed by atoms with Gasteiger partial charge < -0.3 is 10.2 Å². The van der Waals surface area contributed by atoms with Gasteiger partial charge in [-0.15, -0.1) is 0 Å². The van der Waals surface area contributed by atoms with Crippen molar-refractivity contribution in [1.29, 1.82) is 0 Å². The molecule has 0 bridgehead atoms. The number of fused-ring (bicyclic) bond motifs is 1. The van der Waals surface area contributed by atoms with Crippen LogP contribution in [0, 0.1) is 11.6 Å². The average molecular weight is 392 g/mol. The molecular formula is C23H18F2N2O2. The van der Waals surface area contributed by atoms with Crippen LogP contribution < -0.4 is 10.2 Å². The van der Waals surface area contributed by atoms with Crippen LogP contribution in [0.5, 0.6) is 0 Å². The molecule has 4 nitrogen and oxygen atoms in total. The summed E-state index contributed by atoms with van der Waals surface area (Å²) in [4.78, 5) is 26.5. The topological polar surface area (TPSA) is 49.4 Å². The van der Waals surface area contributed by atoms with E-state index in [0.717, 1.165) is 6.07 Å². The van der Waals surface area contributed by atoms with Gasteiger partial charge in [0.2, 0.25) is 0 Å². The second-order valence-electron chi connectivity index (χ2n) is 6.85. The average Bonchev–Trinajstić information content (AvgIpc) is 2.73. The lowest BCUT2D eigenvalue weighted by Gasteiger charge is -2.30. The van der Waals surface area contributed by atoms with E-state index in [9.17, 15) is 18.4 Å². The number of nitrogens with zero attached hydrogens (tertiary/aromatic N) is 1. The molecule has 0 aliphatic carbocycles. The van der Waals surface area contributed by atoms with Crippen LogP contribution >= 0.6 is 0 Å². The number of aryl methyl sites for hydroxylation is 1. The molecule has 0 atom stereocenters. The first kappa shape index (κ1) is 18.8. The standard InChI is InChI=1S/C23H18F2N2O2/c24-18-13-17-7-4-12-27(21(17)20(25)14-18)23(29)16-8-10-19(11-9-16)26-22(28)15-5-2-1-3-6-15/h1-3,5-6,8-11,13-14H,4,7,12H2,(H,26,28). The summed E-state index contributed by atoms with van der Waals surface area (Å²) in [5, 5.41) is 2.77. The maximum atomic E-state index is 14.3. The lowest BCUT2D eigenvalue weighted by Crippen LogP contribution is -2.36. The Kier molecular flexibility index (Phi) is 5.08. The van der Waals surface area contributed by atoms with Crippen molar-refractivity contribution >= 4 is 23.2 Å². The normalized spacial score (nSPS) is 13.0. The largest absolute Gasteiger partial charge is 0.322 e. The fourth-order valence-electron chi connectivity index (χ4n) is 3.50. The molecule has 4 rings (SSSR count). The second-order valence-corrected chi connectivity index (χ2v) is 6.85. The van der Waals surface area contributed by atoms with Crippen LogP contribution in [0.1, 0.15) is 32.7 Å². The fraction of sp³-hybridized carbons (Fsp3) is 0.130. The fourth-order valence-corrected chi connectivity index (χ4v) is 3.50. The Balaban J connectivity index is 1.53. The van der Waals surface area contributed by atoms with E-state index in [0.29, 0.717) is 41.8 Å². The zero-order valence-electron chi connectivity index (χ0n) is 15.5. The number of halogens is 2. The van der Waals surface area contributed by atoms with Gasteiger partial charge in [0.1, 0.15) is 11.6 Å². The Hall–Kier alpha value is -3.54. The van der Waals surface area contributed by atoms with E-state index in [1.807, 2.05) is 6.07 Å². The lowest BCUT2D eigenvalue weighted by molar-refractivity contribution is 0.0983. The van der Waals surface area contributed by atoms with Gasteiger partial charge in [0.15, 0.2) is 0 Å². The predicted octanol–water partition coefficient (Wildman–Crippen LogP) is 4.81. The monoisotopic (exact) mass is 392 g/mol. The molecule has 29 heavy (non-hydrogen) atoms. The highest BCUT2D eigenvalue weighted by atomic mass is 19.1. The SMILES string of the molecule is O=C(Nc1ccc(C(=O)N2CCCc3cc(F)cc(F)c32)cc1)c1ccccc1. The van der Waals surface area contributed by atoms with Crippen LogP contribution in [0.4, 0.5) is 20.2 Å². The van der Waals surface area contributed by atoms with Gasteiger partial charge in [-0.1, -0.05) is 18.2 Å². The van der Waals surface area contributed by atoms with Crippen LogP contribution in [-0.4, -0.2) is 18.4 Å². The van der Waals surface area contributed by atoms with Crippen molar-refractivity contribution in [2.45, 2.75) is 12.8 Å². The van der Waals surface area contributed by atoms with Crippen LogP contribution in [0.3, 0.4) is 0 Å². The van der Waals surface area contributed by atoms with Crippen molar-refractivity contribution in [3.8, 4) is 0 Å². The summed E-state index contributed by atoms with van der Waals surface area (Å²) in [6, 6.07) is 17.3. The van der Waals surface area contributed by atoms with Gasteiger partial charge in [0.05, 0.1) is 5.69 Å². The first-order chi connectivity index (χ1) is 14.0. The molecule has 2 amide bonds. The first-order valence-electron chi connectivity index (χ1n) is 9.29. The molecule has 1 aliphatic heterocycles. The molecule has 0 saturated carbocycles. The van der Waals surface area contributed by atoms with Crippen LogP contribution in [0.25, 0.3) is 0 Å². The highest BCUT2D eigenvalue weighted by Crippen LogP contribution is 2.32. The van der Waals surface area contributed by atoms with E-state index in [4.69, 9.17) is 0 Å². The first-order valence-corrected chi connectivity index (χ1v) is 9.29. The Morgan fingerprint density at radius 3 is 2.34 bits per heavy atom. The van der Waals surface area contributed by atoms with Crippen molar-refractivity contribution < 1.29 is 18.4 Å². The third-order valence-corrected chi connectivity index (χ3v) is 4.88.